The van der Waals surface area contributed by atoms with Gasteiger partial charge < -0.3 is 4.74 Å². The van der Waals surface area contributed by atoms with Gasteiger partial charge in [0.25, 0.3) is 0 Å². The maximum Gasteiger partial charge on any atom is 0.0811 e. The highest BCUT2D eigenvalue weighted by atomic mass is 16.5. The van der Waals surface area contributed by atoms with Gasteiger partial charge in [-0.2, -0.15) is 0 Å². The molecular formula is C12H22N2O. The van der Waals surface area contributed by atoms with Crippen molar-refractivity contribution < 1.29 is 4.74 Å². The highest BCUT2D eigenvalue weighted by Crippen LogP contribution is 2.42. The average molecular weight is 210 g/mol. The Kier molecular flexibility index (Phi) is 2.31. The lowest BCUT2D eigenvalue weighted by atomic mass is 10.0. The predicted octanol–water partition coefficient (Wildman–Crippen LogP) is 0.944. The molecule has 3 aliphatic rings. The number of ether oxygens (including phenoxy) is 1. The molecule has 1 aliphatic carbocycles. The summed E-state index contributed by atoms with van der Waals surface area (Å²) in [5.74, 6) is 0. The maximum atomic E-state index is 5.84. The van der Waals surface area contributed by atoms with Crippen molar-refractivity contribution in [1.29, 1.82) is 0 Å². The van der Waals surface area contributed by atoms with Crippen molar-refractivity contribution in [2.24, 2.45) is 0 Å². The molecule has 3 fully saturated rings. The Bertz CT molecular complexity index is 244. The SMILES string of the molecule is CC(C)N1CC(N2CCOC3(CC3)C2)C1. The van der Waals surface area contributed by atoms with E-state index in [-0.39, 0.29) is 0 Å². The van der Waals surface area contributed by atoms with E-state index in [9.17, 15) is 0 Å². The topological polar surface area (TPSA) is 15.7 Å². The van der Waals surface area contributed by atoms with Gasteiger partial charge >= 0.3 is 0 Å². The summed E-state index contributed by atoms with van der Waals surface area (Å²) in [5, 5.41) is 0. The molecule has 0 N–H and O–H groups in total. The molecule has 0 amide bonds. The van der Waals surface area contributed by atoms with Crippen LogP contribution in [0, 0.1) is 0 Å². The molecule has 3 heteroatoms. The minimum absolute atomic E-state index is 0.302. The van der Waals surface area contributed by atoms with Crippen LogP contribution in [0.4, 0.5) is 0 Å². The van der Waals surface area contributed by atoms with Gasteiger partial charge in [0.15, 0.2) is 0 Å². The molecule has 0 aromatic carbocycles. The van der Waals surface area contributed by atoms with Gasteiger partial charge in [0.05, 0.1) is 12.2 Å². The average Bonchev–Trinajstić information content (AvgIpc) is 2.81. The minimum atomic E-state index is 0.302. The largest absolute Gasteiger partial charge is 0.372 e. The monoisotopic (exact) mass is 210 g/mol. The quantitative estimate of drug-likeness (QED) is 0.675. The van der Waals surface area contributed by atoms with E-state index in [1.807, 2.05) is 0 Å². The second kappa shape index (κ2) is 3.44. The smallest absolute Gasteiger partial charge is 0.0811 e. The van der Waals surface area contributed by atoms with Crippen molar-refractivity contribution in [3.8, 4) is 0 Å². The normalized spacial score (nSPS) is 32.2. The molecule has 86 valence electrons. The van der Waals surface area contributed by atoms with E-state index in [1.165, 1.54) is 32.5 Å². The molecule has 0 aromatic rings. The summed E-state index contributed by atoms with van der Waals surface area (Å²) in [5.41, 5.74) is 0.302. The van der Waals surface area contributed by atoms with Gasteiger partial charge in [0.1, 0.15) is 0 Å². The van der Waals surface area contributed by atoms with E-state index in [4.69, 9.17) is 4.74 Å². The summed E-state index contributed by atoms with van der Waals surface area (Å²) in [7, 11) is 0. The van der Waals surface area contributed by atoms with Crippen LogP contribution in [0.1, 0.15) is 26.7 Å². The number of likely N-dealkylation sites (tertiary alicyclic amines) is 1. The Morgan fingerprint density at radius 1 is 1.27 bits per heavy atom. The zero-order valence-corrected chi connectivity index (χ0v) is 9.91. The molecule has 1 saturated carbocycles. The van der Waals surface area contributed by atoms with Crippen LogP contribution in [0.15, 0.2) is 0 Å². The third-order valence-electron chi connectivity index (χ3n) is 4.22. The first-order valence-corrected chi connectivity index (χ1v) is 6.31. The molecule has 2 heterocycles. The standard InChI is InChI=1S/C12H22N2O/c1-10(2)14-7-11(8-14)13-5-6-15-12(9-13)3-4-12/h10-11H,3-9H2,1-2H3. The molecule has 2 saturated heterocycles. The van der Waals surface area contributed by atoms with Crippen molar-refractivity contribution in [3.05, 3.63) is 0 Å². The van der Waals surface area contributed by atoms with Crippen molar-refractivity contribution in [2.45, 2.75) is 44.4 Å². The third-order valence-corrected chi connectivity index (χ3v) is 4.22. The molecule has 3 rings (SSSR count). The van der Waals surface area contributed by atoms with Crippen LogP contribution in [0.2, 0.25) is 0 Å². The maximum absolute atomic E-state index is 5.84. The summed E-state index contributed by atoms with van der Waals surface area (Å²) < 4.78 is 5.84. The highest BCUT2D eigenvalue weighted by molar-refractivity contribution is 5.03. The fraction of sp³-hybridized carbons (Fsp3) is 1.00. The van der Waals surface area contributed by atoms with Gasteiger partial charge in [0.2, 0.25) is 0 Å². The molecule has 0 unspecified atom stereocenters. The van der Waals surface area contributed by atoms with Crippen LogP contribution in [-0.2, 0) is 4.74 Å². The Morgan fingerprint density at radius 2 is 2.00 bits per heavy atom. The van der Waals surface area contributed by atoms with Gasteiger partial charge in [-0.1, -0.05) is 0 Å². The third kappa shape index (κ3) is 1.81. The van der Waals surface area contributed by atoms with Gasteiger partial charge in [-0.15, -0.1) is 0 Å². The fourth-order valence-electron chi connectivity index (χ4n) is 2.77. The van der Waals surface area contributed by atoms with Crippen molar-refractivity contribution in [2.75, 3.05) is 32.8 Å². The molecule has 3 nitrogen and oxygen atoms in total. The summed E-state index contributed by atoms with van der Waals surface area (Å²) in [6.45, 7) is 10.4. The second-order valence-corrected chi connectivity index (χ2v) is 5.70. The van der Waals surface area contributed by atoms with Crippen molar-refractivity contribution in [1.82, 2.24) is 9.80 Å². The Hall–Kier alpha value is -0.120. The summed E-state index contributed by atoms with van der Waals surface area (Å²) >= 11 is 0. The second-order valence-electron chi connectivity index (χ2n) is 5.70. The fourth-order valence-corrected chi connectivity index (χ4v) is 2.77. The van der Waals surface area contributed by atoms with Crippen LogP contribution in [-0.4, -0.2) is 60.3 Å². The molecule has 15 heavy (non-hydrogen) atoms. The first-order chi connectivity index (χ1) is 7.19. The lowest BCUT2D eigenvalue weighted by Gasteiger charge is -2.49. The van der Waals surface area contributed by atoms with Crippen LogP contribution in [0.3, 0.4) is 0 Å². The summed E-state index contributed by atoms with van der Waals surface area (Å²) in [6, 6.07) is 1.53. The molecule has 2 aliphatic heterocycles. The van der Waals surface area contributed by atoms with E-state index >= 15 is 0 Å². The number of hydrogen-bond donors (Lipinski definition) is 0. The van der Waals surface area contributed by atoms with Crippen molar-refractivity contribution >= 4 is 0 Å². The molecule has 0 bridgehead atoms. The zero-order chi connectivity index (χ0) is 10.5. The van der Waals surface area contributed by atoms with Crippen LogP contribution in [0.25, 0.3) is 0 Å². The number of morpholine rings is 1. The summed E-state index contributed by atoms with van der Waals surface area (Å²) in [6.07, 6.45) is 2.59. The predicted molar refractivity (Wildman–Crippen MR) is 60.0 cm³/mol. The first-order valence-electron chi connectivity index (χ1n) is 6.31. The van der Waals surface area contributed by atoms with Gasteiger partial charge in [-0.3, -0.25) is 9.80 Å². The zero-order valence-electron chi connectivity index (χ0n) is 9.91. The molecule has 0 atom stereocenters. The minimum Gasteiger partial charge on any atom is -0.372 e. The Balaban J connectivity index is 1.52. The Morgan fingerprint density at radius 3 is 2.60 bits per heavy atom. The van der Waals surface area contributed by atoms with E-state index in [0.717, 1.165) is 25.2 Å². The molecule has 1 spiro atoms. The number of rotatable bonds is 2. The molecule has 0 radical (unpaired) electrons. The van der Waals surface area contributed by atoms with Gasteiger partial charge in [-0.05, 0) is 26.7 Å². The van der Waals surface area contributed by atoms with Crippen LogP contribution in [0.5, 0.6) is 0 Å². The van der Waals surface area contributed by atoms with Crippen LogP contribution < -0.4 is 0 Å². The number of hydrogen-bond acceptors (Lipinski definition) is 3. The van der Waals surface area contributed by atoms with E-state index < -0.39 is 0 Å². The lowest BCUT2D eigenvalue weighted by molar-refractivity contribution is -0.0890. The van der Waals surface area contributed by atoms with Gasteiger partial charge in [0, 0.05) is 38.3 Å². The first kappa shape index (κ1) is 10.1. The Labute approximate surface area is 92.4 Å². The number of nitrogens with zero attached hydrogens (tertiary/aromatic N) is 2. The van der Waals surface area contributed by atoms with E-state index in [0.29, 0.717) is 5.60 Å². The van der Waals surface area contributed by atoms with Crippen molar-refractivity contribution in [3.63, 3.8) is 0 Å². The molecular weight excluding hydrogens is 188 g/mol. The lowest BCUT2D eigenvalue weighted by Crippen LogP contribution is -2.64. The van der Waals surface area contributed by atoms with Gasteiger partial charge in [-0.25, -0.2) is 0 Å². The van der Waals surface area contributed by atoms with E-state index in [1.54, 1.807) is 0 Å². The van der Waals surface area contributed by atoms with Crippen LogP contribution >= 0.6 is 0 Å². The molecule has 0 aromatic heterocycles. The summed E-state index contributed by atoms with van der Waals surface area (Å²) in [4.78, 5) is 5.22. The van der Waals surface area contributed by atoms with E-state index in [2.05, 4.69) is 23.6 Å². The highest BCUT2D eigenvalue weighted by Gasteiger charge is 2.49.